The minimum Gasteiger partial charge on any atom is -0.493 e. The fourth-order valence-corrected chi connectivity index (χ4v) is 4.58. The smallest absolute Gasteiger partial charge is 0.130 e. The largest absolute Gasteiger partial charge is 0.493 e. The third-order valence-electron chi connectivity index (χ3n) is 5.95. The van der Waals surface area contributed by atoms with E-state index < -0.39 is 0 Å². The molecule has 0 spiro atoms. The maximum Gasteiger partial charge on any atom is 0.130 e. The Morgan fingerprint density at radius 3 is 1.90 bits per heavy atom. The molecule has 1 unspecified atom stereocenters. The molecule has 1 aliphatic rings. The highest BCUT2D eigenvalue weighted by atomic mass is 35.5. The molecule has 2 aromatic carbocycles. The normalized spacial score (nSPS) is 16.0. The van der Waals surface area contributed by atoms with Crippen LogP contribution in [-0.2, 0) is 12.8 Å². The van der Waals surface area contributed by atoms with E-state index in [0.29, 0.717) is 0 Å². The van der Waals surface area contributed by atoms with E-state index in [4.69, 9.17) is 21.1 Å². The summed E-state index contributed by atoms with van der Waals surface area (Å²) in [6.45, 7) is 6.05. The van der Waals surface area contributed by atoms with Crippen molar-refractivity contribution in [3.05, 3.63) is 35.4 Å². The molecule has 0 N–H and O–H groups in total. The average Bonchev–Trinajstić information content (AvgIpc) is 2.74. The van der Waals surface area contributed by atoms with Crippen LogP contribution in [-0.4, -0.2) is 18.6 Å². The second-order valence-electron chi connectivity index (χ2n) is 8.32. The molecule has 29 heavy (non-hydrogen) atoms. The zero-order valence-electron chi connectivity index (χ0n) is 18.3. The molecule has 0 aromatic heterocycles. The highest BCUT2D eigenvalue weighted by Crippen LogP contribution is 2.45. The van der Waals surface area contributed by atoms with Crippen LogP contribution in [0.1, 0.15) is 82.8 Å². The summed E-state index contributed by atoms with van der Waals surface area (Å²) in [5.74, 6) is 2.13. The number of benzene rings is 2. The van der Waals surface area contributed by atoms with Crippen LogP contribution in [0.5, 0.6) is 11.5 Å². The van der Waals surface area contributed by atoms with Gasteiger partial charge in [-0.1, -0.05) is 76.6 Å². The zero-order chi connectivity index (χ0) is 20.5. The SMILES string of the molecule is CCCCCCOc1c2c(c(OCCCCCC)c3ccccc13)CC(Cl)CC2. The summed E-state index contributed by atoms with van der Waals surface area (Å²) in [7, 11) is 0. The van der Waals surface area contributed by atoms with Crippen LogP contribution in [0.4, 0.5) is 0 Å². The van der Waals surface area contributed by atoms with Crippen LogP contribution in [0.2, 0.25) is 0 Å². The van der Waals surface area contributed by atoms with Crippen molar-refractivity contribution in [3.8, 4) is 11.5 Å². The first-order chi connectivity index (χ1) is 14.3. The van der Waals surface area contributed by atoms with E-state index in [9.17, 15) is 0 Å². The molecule has 1 aliphatic carbocycles. The second kappa shape index (κ2) is 11.7. The van der Waals surface area contributed by atoms with E-state index in [-0.39, 0.29) is 5.38 Å². The molecule has 0 fully saturated rings. The third kappa shape index (κ3) is 5.81. The first-order valence-corrected chi connectivity index (χ1v) is 12.2. The van der Waals surface area contributed by atoms with Gasteiger partial charge in [-0.2, -0.15) is 0 Å². The van der Waals surface area contributed by atoms with Crippen molar-refractivity contribution in [2.75, 3.05) is 13.2 Å². The van der Waals surface area contributed by atoms with E-state index in [1.54, 1.807) is 0 Å². The van der Waals surface area contributed by atoms with Gasteiger partial charge in [0.2, 0.25) is 0 Å². The predicted molar refractivity (Wildman–Crippen MR) is 125 cm³/mol. The Kier molecular flexibility index (Phi) is 8.98. The average molecular weight is 417 g/mol. The molecule has 0 heterocycles. The molecule has 160 valence electrons. The summed E-state index contributed by atoms with van der Waals surface area (Å²) in [5.41, 5.74) is 2.62. The number of rotatable bonds is 12. The van der Waals surface area contributed by atoms with E-state index >= 15 is 0 Å². The molecule has 3 rings (SSSR count). The molecule has 0 saturated heterocycles. The second-order valence-corrected chi connectivity index (χ2v) is 8.94. The van der Waals surface area contributed by atoms with Crippen LogP contribution in [0.3, 0.4) is 0 Å². The fraction of sp³-hybridized carbons (Fsp3) is 0.615. The van der Waals surface area contributed by atoms with E-state index in [2.05, 4.69) is 38.1 Å². The summed E-state index contributed by atoms with van der Waals surface area (Å²) in [6.07, 6.45) is 12.6. The van der Waals surface area contributed by atoms with Gasteiger partial charge in [0.1, 0.15) is 11.5 Å². The minimum atomic E-state index is 0.184. The molecular weight excluding hydrogens is 380 g/mol. The monoisotopic (exact) mass is 416 g/mol. The summed E-state index contributed by atoms with van der Waals surface area (Å²) < 4.78 is 12.8. The van der Waals surface area contributed by atoms with E-state index in [1.807, 2.05) is 0 Å². The van der Waals surface area contributed by atoms with Gasteiger partial charge in [-0.15, -0.1) is 11.6 Å². The summed E-state index contributed by atoms with van der Waals surface area (Å²) in [4.78, 5) is 0. The number of unbranched alkanes of at least 4 members (excludes halogenated alkanes) is 6. The number of fused-ring (bicyclic) bond motifs is 2. The van der Waals surface area contributed by atoms with Gasteiger partial charge in [-0.3, -0.25) is 0 Å². The van der Waals surface area contributed by atoms with Crippen molar-refractivity contribution in [1.29, 1.82) is 0 Å². The maximum atomic E-state index is 6.59. The Hall–Kier alpha value is -1.41. The molecule has 0 aliphatic heterocycles. The molecule has 2 aromatic rings. The first kappa shape index (κ1) is 22.3. The number of alkyl halides is 1. The zero-order valence-corrected chi connectivity index (χ0v) is 19.0. The molecule has 2 nitrogen and oxygen atoms in total. The molecular formula is C26H37ClO2. The fourth-order valence-electron chi connectivity index (χ4n) is 4.32. The van der Waals surface area contributed by atoms with Crippen LogP contribution >= 0.6 is 11.6 Å². The van der Waals surface area contributed by atoms with Crippen molar-refractivity contribution in [2.24, 2.45) is 0 Å². The Balaban J connectivity index is 1.89. The van der Waals surface area contributed by atoms with Crippen molar-refractivity contribution < 1.29 is 9.47 Å². The quantitative estimate of drug-likeness (QED) is 0.259. The minimum absolute atomic E-state index is 0.184. The summed E-state index contributed by atoms with van der Waals surface area (Å²) >= 11 is 6.59. The lowest BCUT2D eigenvalue weighted by molar-refractivity contribution is 0.295. The lowest BCUT2D eigenvalue weighted by Gasteiger charge is -2.27. The van der Waals surface area contributed by atoms with Gasteiger partial charge in [0, 0.05) is 27.3 Å². The summed E-state index contributed by atoms with van der Waals surface area (Å²) in [5, 5.41) is 2.55. The molecule has 1 atom stereocenters. The van der Waals surface area contributed by atoms with E-state index in [0.717, 1.165) is 56.8 Å². The van der Waals surface area contributed by atoms with Crippen LogP contribution in [0, 0.1) is 0 Å². The van der Waals surface area contributed by atoms with E-state index in [1.165, 1.54) is 60.4 Å². The molecule has 3 heteroatoms. The maximum absolute atomic E-state index is 6.59. The number of hydrogen-bond donors (Lipinski definition) is 0. The van der Waals surface area contributed by atoms with Crippen LogP contribution < -0.4 is 9.47 Å². The van der Waals surface area contributed by atoms with Crippen molar-refractivity contribution in [3.63, 3.8) is 0 Å². The molecule has 0 radical (unpaired) electrons. The van der Waals surface area contributed by atoms with Crippen molar-refractivity contribution in [2.45, 2.75) is 89.9 Å². The summed E-state index contributed by atoms with van der Waals surface area (Å²) in [6, 6.07) is 8.58. The Bertz CT molecular complexity index is 771. The van der Waals surface area contributed by atoms with Crippen LogP contribution in [0.15, 0.2) is 24.3 Å². The lowest BCUT2D eigenvalue weighted by atomic mass is 9.87. The van der Waals surface area contributed by atoms with Crippen molar-refractivity contribution >= 4 is 22.4 Å². The topological polar surface area (TPSA) is 18.5 Å². The first-order valence-electron chi connectivity index (χ1n) is 11.7. The number of halogens is 1. The van der Waals surface area contributed by atoms with Gasteiger partial charge in [0.15, 0.2) is 0 Å². The van der Waals surface area contributed by atoms with Crippen molar-refractivity contribution in [1.82, 2.24) is 0 Å². The number of ether oxygens (including phenoxy) is 2. The molecule has 0 saturated carbocycles. The van der Waals surface area contributed by atoms with Gasteiger partial charge in [-0.25, -0.2) is 0 Å². The van der Waals surface area contributed by atoms with Crippen LogP contribution in [0.25, 0.3) is 10.8 Å². The highest BCUT2D eigenvalue weighted by Gasteiger charge is 2.27. The number of hydrogen-bond acceptors (Lipinski definition) is 2. The standard InChI is InChI=1S/C26H37ClO2/c1-3-5-7-11-17-28-25-21-13-9-10-14-22(21)26(29-18-12-8-6-4-2)24-19-20(27)15-16-23(24)25/h9-10,13-14,20H,3-8,11-12,15-19H2,1-2H3. The Labute approximate surface area is 181 Å². The van der Waals surface area contributed by atoms with Gasteiger partial charge in [0.25, 0.3) is 0 Å². The lowest BCUT2D eigenvalue weighted by Crippen LogP contribution is -2.18. The predicted octanol–water partition coefficient (Wildman–Crippen LogP) is 7.85. The third-order valence-corrected chi connectivity index (χ3v) is 6.32. The van der Waals surface area contributed by atoms with Gasteiger partial charge < -0.3 is 9.47 Å². The molecule has 0 bridgehead atoms. The van der Waals surface area contributed by atoms with Gasteiger partial charge >= 0.3 is 0 Å². The van der Waals surface area contributed by atoms with Gasteiger partial charge in [-0.05, 0) is 32.1 Å². The Morgan fingerprint density at radius 2 is 1.34 bits per heavy atom. The van der Waals surface area contributed by atoms with Gasteiger partial charge in [0.05, 0.1) is 13.2 Å². The highest BCUT2D eigenvalue weighted by molar-refractivity contribution is 6.21. The Morgan fingerprint density at radius 1 is 0.793 bits per heavy atom. The molecule has 0 amide bonds.